The zero-order valence-corrected chi connectivity index (χ0v) is 19.3. The van der Waals surface area contributed by atoms with E-state index in [0.717, 1.165) is 44.3 Å². The number of nitrogens with one attached hydrogen (secondary N) is 1. The van der Waals surface area contributed by atoms with Crippen LogP contribution in [0, 0.1) is 0 Å². The van der Waals surface area contributed by atoms with Crippen molar-refractivity contribution < 1.29 is 14.7 Å². The first-order chi connectivity index (χ1) is 16.6. The number of fused-ring (bicyclic) bond motifs is 1. The first-order valence-corrected chi connectivity index (χ1v) is 12.2. The van der Waals surface area contributed by atoms with Crippen molar-refractivity contribution in [3.63, 3.8) is 0 Å². The number of carbonyl (C=O) groups is 2. The van der Waals surface area contributed by atoms with Crippen molar-refractivity contribution in [2.75, 3.05) is 19.6 Å². The second-order valence-electron chi connectivity index (χ2n) is 9.38. The molecule has 1 atom stereocenters. The van der Waals surface area contributed by atoms with Crippen molar-refractivity contribution >= 4 is 22.6 Å². The van der Waals surface area contributed by atoms with E-state index in [4.69, 9.17) is 0 Å². The Morgan fingerprint density at radius 2 is 1.62 bits per heavy atom. The van der Waals surface area contributed by atoms with Crippen LogP contribution in [-0.2, 0) is 11.3 Å². The largest absolute Gasteiger partial charge is 0.506 e. The van der Waals surface area contributed by atoms with E-state index in [-0.39, 0.29) is 29.2 Å². The summed E-state index contributed by atoms with van der Waals surface area (Å²) >= 11 is 0. The van der Waals surface area contributed by atoms with Crippen LogP contribution in [0.3, 0.4) is 0 Å². The molecule has 2 heterocycles. The van der Waals surface area contributed by atoms with Gasteiger partial charge in [0.2, 0.25) is 5.91 Å². The van der Waals surface area contributed by atoms with E-state index >= 15 is 0 Å². The quantitative estimate of drug-likeness (QED) is 0.609. The Morgan fingerprint density at radius 1 is 0.882 bits per heavy atom. The topological polar surface area (TPSA) is 72.9 Å². The molecule has 3 aromatic carbocycles. The number of rotatable bonds is 5. The average Bonchev–Trinajstić information content (AvgIpc) is 3.36. The molecule has 176 valence electrons. The summed E-state index contributed by atoms with van der Waals surface area (Å²) in [6.07, 6.45) is 3.25. The Bertz CT molecular complexity index is 1170. The van der Waals surface area contributed by atoms with Gasteiger partial charge in [-0.05, 0) is 42.7 Å². The summed E-state index contributed by atoms with van der Waals surface area (Å²) in [5.41, 5.74) is 1.56. The smallest absolute Gasteiger partial charge is 0.258 e. The molecule has 2 fully saturated rings. The summed E-state index contributed by atoms with van der Waals surface area (Å²) in [6.45, 7) is 3.34. The molecule has 6 heteroatoms. The lowest BCUT2D eigenvalue weighted by Crippen LogP contribution is -2.51. The minimum Gasteiger partial charge on any atom is -0.506 e. The Balaban J connectivity index is 1.20. The molecule has 1 unspecified atom stereocenters. The number of piperidine rings is 1. The fraction of sp³-hybridized carbons (Fsp3) is 0.357. The highest BCUT2D eigenvalue weighted by Crippen LogP contribution is 2.31. The molecule has 2 saturated heterocycles. The van der Waals surface area contributed by atoms with Gasteiger partial charge in [-0.15, -0.1) is 0 Å². The van der Waals surface area contributed by atoms with Crippen molar-refractivity contribution in [2.24, 2.45) is 0 Å². The van der Waals surface area contributed by atoms with Crippen LogP contribution in [0.1, 0.15) is 41.6 Å². The molecule has 0 saturated carbocycles. The minimum absolute atomic E-state index is 0.0139. The first-order valence-electron chi connectivity index (χ1n) is 12.2. The van der Waals surface area contributed by atoms with Crippen LogP contribution < -0.4 is 5.32 Å². The molecule has 2 aliphatic rings. The van der Waals surface area contributed by atoms with Crippen LogP contribution in [0.4, 0.5) is 0 Å². The van der Waals surface area contributed by atoms with Crippen molar-refractivity contribution in [2.45, 2.75) is 44.3 Å². The third-order valence-electron chi connectivity index (χ3n) is 7.13. The molecule has 2 N–H and O–H groups in total. The number of likely N-dealkylation sites (tertiary alicyclic amines) is 2. The number of carbonyl (C=O) groups excluding carboxylic acids is 2. The predicted octanol–water partition coefficient (Wildman–Crippen LogP) is 3.93. The normalized spacial score (nSPS) is 19.4. The number of hydrogen-bond donors (Lipinski definition) is 2. The number of hydrogen-bond acceptors (Lipinski definition) is 4. The van der Waals surface area contributed by atoms with Gasteiger partial charge in [0, 0.05) is 37.6 Å². The number of phenolic OH excluding ortho intramolecular Hbond substituents is 1. The van der Waals surface area contributed by atoms with Gasteiger partial charge in [0.25, 0.3) is 5.91 Å². The average molecular weight is 458 g/mol. The lowest BCUT2D eigenvalue weighted by atomic mass is 10.0. The first kappa shape index (κ1) is 22.4. The van der Waals surface area contributed by atoms with E-state index < -0.39 is 6.04 Å². The minimum atomic E-state index is -0.485. The van der Waals surface area contributed by atoms with E-state index in [9.17, 15) is 14.7 Å². The molecule has 6 nitrogen and oxygen atoms in total. The standard InChI is InChI=1S/C28H31N3O3/c32-26-23-10-5-4-9-21(23)12-13-24(26)28(34)31-16-6-11-25(31)27(33)29-22-14-17-30(18-15-22)19-20-7-2-1-3-8-20/h1-5,7-10,12-13,22,25,32H,6,11,14-19H2,(H,29,33). The summed E-state index contributed by atoms with van der Waals surface area (Å²) in [7, 11) is 0. The second kappa shape index (κ2) is 9.85. The highest BCUT2D eigenvalue weighted by Gasteiger charge is 2.36. The van der Waals surface area contributed by atoms with Crippen LogP contribution in [0.25, 0.3) is 10.8 Å². The Kier molecular flexibility index (Phi) is 6.50. The van der Waals surface area contributed by atoms with Gasteiger partial charge < -0.3 is 15.3 Å². The molecule has 5 rings (SSSR count). The van der Waals surface area contributed by atoms with Crippen molar-refractivity contribution in [3.8, 4) is 5.75 Å². The van der Waals surface area contributed by atoms with Gasteiger partial charge in [-0.2, -0.15) is 0 Å². The summed E-state index contributed by atoms with van der Waals surface area (Å²) in [4.78, 5) is 30.5. The summed E-state index contributed by atoms with van der Waals surface area (Å²) < 4.78 is 0. The van der Waals surface area contributed by atoms with Gasteiger partial charge in [0.1, 0.15) is 11.8 Å². The monoisotopic (exact) mass is 457 g/mol. The molecule has 2 amide bonds. The van der Waals surface area contributed by atoms with Gasteiger partial charge in [-0.1, -0.05) is 60.7 Å². The predicted molar refractivity (Wildman–Crippen MR) is 133 cm³/mol. The van der Waals surface area contributed by atoms with Gasteiger partial charge in [0.05, 0.1) is 5.56 Å². The van der Waals surface area contributed by atoms with E-state index in [1.165, 1.54) is 5.56 Å². The maximum Gasteiger partial charge on any atom is 0.258 e. The van der Waals surface area contributed by atoms with Gasteiger partial charge in [-0.25, -0.2) is 0 Å². The van der Waals surface area contributed by atoms with Crippen molar-refractivity contribution in [3.05, 3.63) is 77.9 Å². The number of nitrogens with zero attached hydrogens (tertiary/aromatic N) is 2. The Hall–Kier alpha value is -3.38. The number of phenols is 1. The fourth-order valence-corrected chi connectivity index (χ4v) is 5.24. The van der Waals surface area contributed by atoms with E-state index in [2.05, 4.69) is 34.5 Å². The molecule has 0 radical (unpaired) electrons. The van der Waals surface area contributed by atoms with Crippen LogP contribution in [0.15, 0.2) is 66.7 Å². The van der Waals surface area contributed by atoms with Crippen LogP contribution >= 0.6 is 0 Å². The molecule has 0 bridgehead atoms. The fourth-order valence-electron chi connectivity index (χ4n) is 5.24. The molecule has 3 aromatic rings. The van der Waals surface area contributed by atoms with Crippen molar-refractivity contribution in [1.29, 1.82) is 0 Å². The molecule has 34 heavy (non-hydrogen) atoms. The summed E-state index contributed by atoms with van der Waals surface area (Å²) in [6, 6.07) is 21.1. The number of benzene rings is 3. The van der Waals surface area contributed by atoms with Gasteiger partial charge >= 0.3 is 0 Å². The molecular formula is C28H31N3O3. The van der Waals surface area contributed by atoms with Gasteiger partial charge in [-0.3, -0.25) is 14.5 Å². The Morgan fingerprint density at radius 3 is 2.41 bits per heavy atom. The number of amides is 2. The highest BCUT2D eigenvalue weighted by molar-refractivity contribution is 6.05. The molecule has 0 aromatic heterocycles. The van der Waals surface area contributed by atoms with Crippen LogP contribution in [0.2, 0.25) is 0 Å². The van der Waals surface area contributed by atoms with E-state index in [0.29, 0.717) is 18.4 Å². The molecule has 2 aliphatic heterocycles. The van der Waals surface area contributed by atoms with Crippen molar-refractivity contribution in [1.82, 2.24) is 15.1 Å². The number of aromatic hydroxyl groups is 1. The zero-order chi connectivity index (χ0) is 23.5. The highest BCUT2D eigenvalue weighted by atomic mass is 16.3. The molecule has 0 spiro atoms. The lowest BCUT2D eigenvalue weighted by Gasteiger charge is -2.33. The van der Waals surface area contributed by atoms with E-state index in [1.54, 1.807) is 17.0 Å². The SMILES string of the molecule is O=C(NC1CCN(Cc2ccccc2)CC1)C1CCCN1C(=O)c1ccc2ccccc2c1O. The molecule has 0 aliphatic carbocycles. The second-order valence-corrected chi connectivity index (χ2v) is 9.38. The maximum atomic E-state index is 13.3. The van der Waals surface area contributed by atoms with Gasteiger partial charge in [0.15, 0.2) is 0 Å². The third kappa shape index (κ3) is 4.64. The summed E-state index contributed by atoms with van der Waals surface area (Å²) in [5.74, 6) is -0.369. The summed E-state index contributed by atoms with van der Waals surface area (Å²) in [5, 5.41) is 15.5. The van der Waals surface area contributed by atoms with Crippen LogP contribution in [-0.4, -0.2) is 58.4 Å². The zero-order valence-electron chi connectivity index (χ0n) is 19.3. The van der Waals surface area contributed by atoms with Crippen LogP contribution in [0.5, 0.6) is 5.75 Å². The molecular weight excluding hydrogens is 426 g/mol. The maximum absolute atomic E-state index is 13.3. The Labute approximate surface area is 200 Å². The third-order valence-corrected chi connectivity index (χ3v) is 7.13. The van der Waals surface area contributed by atoms with E-state index in [1.807, 2.05) is 30.3 Å². The lowest BCUT2D eigenvalue weighted by molar-refractivity contribution is -0.125.